The molecule has 206 valence electrons. The number of benzene rings is 6. The lowest BCUT2D eigenvalue weighted by Crippen LogP contribution is -1.93. The van der Waals surface area contributed by atoms with Crippen molar-refractivity contribution in [2.75, 3.05) is 0 Å². The summed E-state index contributed by atoms with van der Waals surface area (Å²) in [7, 11) is 0. The van der Waals surface area contributed by atoms with E-state index in [1.807, 2.05) is 18.3 Å². The van der Waals surface area contributed by atoms with E-state index in [1.54, 1.807) is 12.4 Å². The minimum atomic E-state index is 0.622. The van der Waals surface area contributed by atoms with E-state index < -0.39 is 0 Å². The van der Waals surface area contributed by atoms with Crippen LogP contribution in [0.3, 0.4) is 0 Å². The van der Waals surface area contributed by atoms with Gasteiger partial charge in [0.15, 0.2) is 5.82 Å². The summed E-state index contributed by atoms with van der Waals surface area (Å²) in [5, 5.41) is 4.98. The highest BCUT2D eigenvalue weighted by Gasteiger charge is 2.18. The molecule has 8 rings (SSSR count). The molecule has 0 unspecified atom stereocenters. The van der Waals surface area contributed by atoms with Gasteiger partial charge in [0.05, 0.1) is 0 Å². The zero-order chi connectivity index (χ0) is 29.3. The van der Waals surface area contributed by atoms with Crippen LogP contribution in [0.5, 0.6) is 0 Å². The maximum absolute atomic E-state index is 4.72. The molecule has 2 aromatic heterocycles. The molecule has 44 heavy (non-hydrogen) atoms. The Morgan fingerprint density at radius 1 is 0.341 bits per heavy atom. The third kappa shape index (κ3) is 4.52. The zero-order valence-electron chi connectivity index (χ0n) is 23.9. The second-order valence-corrected chi connectivity index (χ2v) is 10.8. The molecule has 0 radical (unpaired) electrons. The van der Waals surface area contributed by atoms with Gasteiger partial charge in [-0.05, 0) is 78.7 Å². The van der Waals surface area contributed by atoms with Crippen molar-refractivity contribution in [1.29, 1.82) is 0 Å². The monoisotopic (exact) mass is 561 g/mol. The molecule has 0 aliphatic carbocycles. The lowest BCUT2D eigenvalue weighted by molar-refractivity contribution is 1.14. The first-order chi connectivity index (χ1) is 21.8. The highest BCUT2D eigenvalue weighted by Crippen LogP contribution is 2.45. The number of pyridine rings is 1. The van der Waals surface area contributed by atoms with Crippen LogP contribution in [0.2, 0.25) is 0 Å². The number of fused-ring (bicyclic) bond motifs is 2. The SMILES string of the molecule is c1ccc(-c2c3ccccc3c(-c3ccccc3)c3cc(-c4ccccc4-c4ccc(-c5ncccn5)nc4)ccc23)cc1. The van der Waals surface area contributed by atoms with Crippen molar-refractivity contribution in [3.05, 3.63) is 164 Å². The topological polar surface area (TPSA) is 38.7 Å². The Bertz CT molecular complexity index is 2240. The predicted octanol–water partition coefficient (Wildman–Crippen LogP) is 10.5. The molecule has 0 aliphatic heterocycles. The standard InChI is InChI=1S/C41H27N3/c1-3-12-28(13-4-1)39-34-18-9-10-19-35(34)40(29-14-5-2-6-15-29)37-26-30(20-22-36(37)39)32-16-7-8-17-33(32)31-21-23-38(44-27-31)41-42-24-11-25-43-41/h1-27H. The first-order valence-corrected chi connectivity index (χ1v) is 14.8. The summed E-state index contributed by atoms with van der Waals surface area (Å²) in [5.74, 6) is 0.622. The smallest absolute Gasteiger partial charge is 0.178 e. The van der Waals surface area contributed by atoms with Gasteiger partial charge in [0.25, 0.3) is 0 Å². The van der Waals surface area contributed by atoms with E-state index in [4.69, 9.17) is 4.98 Å². The summed E-state index contributed by atoms with van der Waals surface area (Å²) in [5.41, 5.74) is 10.2. The molecule has 0 bridgehead atoms. The van der Waals surface area contributed by atoms with Crippen LogP contribution >= 0.6 is 0 Å². The minimum Gasteiger partial charge on any atom is -0.252 e. The van der Waals surface area contributed by atoms with E-state index in [0.717, 1.165) is 27.9 Å². The van der Waals surface area contributed by atoms with Gasteiger partial charge in [0.2, 0.25) is 0 Å². The van der Waals surface area contributed by atoms with Gasteiger partial charge in [-0.2, -0.15) is 0 Å². The van der Waals surface area contributed by atoms with Crippen LogP contribution in [0.1, 0.15) is 0 Å². The molecule has 0 amide bonds. The van der Waals surface area contributed by atoms with Crippen LogP contribution in [-0.2, 0) is 0 Å². The van der Waals surface area contributed by atoms with Crippen LogP contribution in [0.25, 0.3) is 77.6 Å². The molecule has 0 spiro atoms. The maximum atomic E-state index is 4.72. The minimum absolute atomic E-state index is 0.622. The van der Waals surface area contributed by atoms with Gasteiger partial charge >= 0.3 is 0 Å². The Morgan fingerprint density at radius 2 is 0.864 bits per heavy atom. The average Bonchev–Trinajstić information content (AvgIpc) is 3.11. The van der Waals surface area contributed by atoms with Gasteiger partial charge in [-0.3, -0.25) is 4.98 Å². The van der Waals surface area contributed by atoms with Crippen LogP contribution in [-0.4, -0.2) is 15.0 Å². The Hall–Kier alpha value is -5.93. The van der Waals surface area contributed by atoms with Crippen molar-refractivity contribution >= 4 is 21.5 Å². The molecule has 0 atom stereocenters. The van der Waals surface area contributed by atoms with Crippen molar-refractivity contribution in [3.63, 3.8) is 0 Å². The molecule has 6 aromatic carbocycles. The lowest BCUT2D eigenvalue weighted by Gasteiger charge is -2.19. The van der Waals surface area contributed by atoms with E-state index in [1.165, 1.54) is 43.8 Å². The quantitative estimate of drug-likeness (QED) is 0.196. The molecule has 2 heterocycles. The Labute approximate surface area is 256 Å². The van der Waals surface area contributed by atoms with E-state index in [2.05, 4.69) is 143 Å². The van der Waals surface area contributed by atoms with Crippen LogP contribution in [0, 0.1) is 0 Å². The van der Waals surface area contributed by atoms with Crippen molar-refractivity contribution in [2.24, 2.45) is 0 Å². The van der Waals surface area contributed by atoms with Crippen LogP contribution in [0.15, 0.2) is 164 Å². The van der Waals surface area contributed by atoms with Crippen LogP contribution < -0.4 is 0 Å². The first-order valence-electron chi connectivity index (χ1n) is 14.8. The van der Waals surface area contributed by atoms with E-state index in [0.29, 0.717) is 5.82 Å². The number of hydrogen-bond acceptors (Lipinski definition) is 3. The molecule has 0 saturated heterocycles. The van der Waals surface area contributed by atoms with Gasteiger partial charge in [-0.15, -0.1) is 0 Å². The lowest BCUT2D eigenvalue weighted by atomic mass is 9.84. The molecule has 3 heteroatoms. The second-order valence-electron chi connectivity index (χ2n) is 10.8. The Morgan fingerprint density at radius 3 is 1.48 bits per heavy atom. The van der Waals surface area contributed by atoms with E-state index in [9.17, 15) is 0 Å². The Kier molecular flexibility index (Phi) is 6.47. The second kappa shape index (κ2) is 11.0. The summed E-state index contributed by atoms with van der Waals surface area (Å²) >= 11 is 0. The molecule has 0 saturated carbocycles. The molecule has 3 nitrogen and oxygen atoms in total. The summed E-state index contributed by atoms with van der Waals surface area (Å²) < 4.78 is 0. The summed E-state index contributed by atoms with van der Waals surface area (Å²) in [6.07, 6.45) is 5.40. The molecule has 8 aromatic rings. The number of rotatable bonds is 5. The van der Waals surface area contributed by atoms with Crippen molar-refractivity contribution in [1.82, 2.24) is 15.0 Å². The zero-order valence-corrected chi connectivity index (χ0v) is 23.9. The molecule has 0 aliphatic rings. The molecule has 0 N–H and O–H groups in total. The molecular formula is C41H27N3. The normalized spacial score (nSPS) is 11.2. The number of hydrogen-bond donors (Lipinski definition) is 0. The average molecular weight is 562 g/mol. The Balaban J connectivity index is 1.37. The highest BCUT2D eigenvalue weighted by atomic mass is 14.9. The predicted molar refractivity (Wildman–Crippen MR) is 182 cm³/mol. The van der Waals surface area contributed by atoms with Crippen molar-refractivity contribution < 1.29 is 0 Å². The van der Waals surface area contributed by atoms with Gasteiger partial charge in [-0.1, -0.05) is 127 Å². The fourth-order valence-corrected chi connectivity index (χ4v) is 6.28. The fourth-order valence-electron chi connectivity index (χ4n) is 6.28. The molecule has 0 fully saturated rings. The van der Waals surface area contributed by atoms with Gasteiger partial charge in [0.1, 0.15) is 5.69 Å². The number of aromatic nitrogens is 3. The molecular weight excluding hydrogens is 534 g/mol. The highest BCUT2D eigenvalue weighted by molar-refractivity contribution is 6.22. The van der Waals surface area contributed by atoms with Gasteiger partial charge in [0, 0.05) is 24.2 Å². The largest absolute Gasteiger partial charge is 0.252 e. The summed E-state index contributed by atoms with van der Waals surface area (Å²) in [6, 6.07) is 51.7. The number of nitrogens with zero attached hydrogens (tertiary/aromatic N) is 3. The van der Waals surface area contributed by atoms with Gasteiger partial charge in [-0.25, -0.2) is 9.97 Å². The van der Waals surface area contributed by atoms with Crippen molar-refractivity contribution in [2.45, 2.75) is 0 Å². The maximum Gasteiger partial charge on any atom is 0.178 e. The summed E-state index contributed by atoms with van der Waals surface area (Å²) in [4.78, 5) is 13.4. The fraction of sp³-hybridized carbons (Fsp3) is 0. The van der Waals surface area contributed by atoms with Crippen molar-refractivity contribution in [3.8, 4) is 56.0 Å². The third-order valence-electron chi connectivity index (χ3n) is 8.26. The third-order valence-corrected chi connectivity index (χ3v) is 8.26. The van der Waals surface area contributed by atoms with Gasteiger partial charge < -0.3 is 0 Å². The summed E-state index contributed by atoms with van der Waals surface area (Å²) in [6.45, 7) is 0. The van der Waals surface area contributed by atoms with E-state index in [-0.39, 0.29) is 0 Å². The first kappa shape index (κ1) is 25.8. The van der Waals surface area contributed by atoms with E-state index >= 15 is 0 Å². The van der Waals surface area contributed by atoms with Crippen LogP contribution in [0.4, 0.5) is 0 Å².